The van der Waals surface area contributed by atoms with Crippen LogP contribution in [-0.4, -0.2) is 52.6 Å². The Morgan fingerprint density at radius 2 is 1.92 bits per heavy atom. The molecular weight excluding hydrogens is 360 g/mol. The van der Waals surface area contributed by atoms with Gasteiger partial charge in [0.2, 0.25) is 11.8 Å². The van der Waals surface area contributed by atoms with Crippen LogP contribution in [0.5, 0.6) is 11.5 Å². The predicted octanol–water partition coefficient (Wildman–Crippen LogP) is 2.45. The van der Waals surface area contributed by atoms with Crippen LogP contribution in [0, 0.1) is 0 Å². The molecule has 1 aromatic carbocycles. The van der Waals surface area contributed by atoms with Gasteiger partial charge in [0.25, 0.3) is 0 Å². The van der Waals surface area contributed by atoms with Gasteiger partial charge in [0.15, 0.2) is 11.5 Å². The topological polar surface area (TPSA) is 59.1 Å². The number of carbonyl (C=O) groups excluding carboxylic acids is 2. The summed E-state index contributed by atoms with van der Waals surface area (Å²) < 4.78 is 11.7. The van der Waals surface area contributed by atoms with Crippen LogP contribution in [0.3, 0.4) is 0 Å². The van der Waals surface area contributed by atoms with Crippen LogP contribution < -0.4 is 14.4 Å². The maximum absolute atomic E-state index is 12.8. The Balaban J connectivity index is 1.76. The number of hydrogen-bond acceptors (Lipinski definition) is 6. The van der Waals surface area contributed by atoms with Crippen LogP contribution in [0.2, 0.25) is 0 Å². The van der Waals surface area contributed by atoms with Crippen molar-refractivity contribution in [3.8, 4) is 11.5 Å². The lowest BCUT2D eigenvalue weighted by atomic mass is 10.2. The number of carbonyl (C=O) groups is 2. The van der Waals surface area contributed by atoms with E-state index in [1.807, 2.05) is 18.7 Å². The van der Waals surface area contributed by atoms with Crippen LogP contribution >= 0.6 is 24.0 Å². The van der Waals surface area contributed by atoms with E-state index in [0.29, 0.717) is 34.7 Å². The molecule has 0 bridgehead atoms. The Labute approximate surface area is 156 Å². The number of hydrogen-bond donors (Lipinski definition) is 0. The molecule has 0 aliphatic carbocycles. The van der Waals surface area contributed by atoms with E-state index in [9.17, 15) is 9.59 Å². The third kappa shape index (κ3) is 3.59. The lowest BCUT2D eigenvalue weighted by Gasteiger charge is -2.23. The first kappa shape index (κ1) is 18.0. The van der Waals surface area contributed by atoms with Crippen molar-refractivity contribution in [2.75, 3.05) is 31.2 Å². The fourth-order valence-electron chi connectivity index (χ4n) is 2.82. The zero-order chi connectivity index (χ0) is 18.0. The van der Waals surface area contributed by atoms with Crippen molar-refractivity contribution in [1.82, 2.24) is 4.90 Å². The Morgan fingerprint density at radius 3 is 2.60 bits per heavy atom. The van der Waals surface area contributed by atoms with E-state index in [1.165, 1.54) is 16.7 Å². The number of thiocarbonyl (C=S) groups is 1. The number of amides is 2. The summed E-state index contributed by atoms with van der Waals surface area (Å²) in [5, 5.41) is -0.478. The van der Waals surface area contributed by atoms with E-state index in [2.05, 4.69) is 0 Å². The molecule has 1 aromatic rings. The average molecular weight is 380 g/mol. The number of nitrogens with zero attached hydrogens (tertiary/aromatic N) is 2. The Hall–Kier alpha value is -1.80. The van der Waals surface area contributed by atoms with Gasteiger partial charge >= 0.3 is 0 Å². The van der Waals surface area contributed by atoms with Gasteiger partial charge in [-0.1, -0.05) is 24.0 Å². The predicted molar refractivity (Wildman–Crippen MR) is 101 cm³/mol. The van der Waals surface area contributed by atoms with Gasteiger partial charge in [-0.15, -0.1) is 0 Å². The third-order valence-corrected chi connectivity index (χ3v) is 5.81. The quantitative estimate of drug-likeness (QED) is 0.587. The summed E-state index contributed by atoms with van der Waals surface area (Å²) in [5.74, 6) is 0.726. The van der Waals surface area contributed by atoms with Gasteiger partial charge in [0.05, 0.1) is 5.69 Å². The molecule has 25 heavy (non-hydrogen) atoms. The second-order valence-corrected chi connectivity index (χ2v) is 7.48. The highest BCUT2D eigenvalue weighted by Gasteiger charge is 2.41. The molecule has 0 saturated carbocycles. The number of ether oxygens (including phenoxy) is 2. The smallest absolute Gasteiger partial charge is 0.247 e. The van der Waals surface area contributed by atoms with Gasteiger partial charge < -0.3 is 14.4 Å². The summed E-state index contributed by atoms with van der Waals surface area (Å²) in [6.07, 6.45) is 0.152. The minimum atomic E-state index is -0.478. The van der Waals surface area contributed by atoms with Crippen LogP contribution in [0.15, 0.2) is 18.2 Å². The van der Waals surface area contributed by atoms with E-state index >= 15 is 0 Å². The monoisotopic (exact) mass is 380 g/mol. The first-order valence-electron chi connectivity index (χ1n) is 8.27. The number of anilines is 1. The normalized spacial score (nSPS) is 19.3. The zero-order valence-corrected chi connectivity index (χ0v) is 15.8. The summed E-state index contributed by atoms with van der Waals surface area (Å²) in [6.45, 7) is 6.54. The van der Waals surface area contributed by atoms with E-state index in [-0.39, 0.29) is 18.2 Å². The molecule has 0 N–H and O–H groups in total. The molecule has 0 aromatic heterocycles. The van der Waals surface area contributed by atoms with Gasteiger partial charge in [0, 0.05) is 25.6 Å². The Bertz CT molecular complexity index is 706. The fourth-order valence-corrected chi connectivity index (χ4v) is 4.51. The summed E-state index contributed by atoms with van der Waals surface area (Å²) in [4.78, 5) is 28.4. The second-order valence-electron chi connectivity index (χ2n) is 5.64. The van der Waals surface area contributed by atoms with E-state index in [0.717, 1.165) is 13.1 Å². The molecule has 0 spiro atoms. The Kier molecular flexibility index (Phi) is 5.48. The minimum Gasteiger partial charge on any atom is -0.486 e. The van der Waals surface area contributed by atoms with Crippen LogP contribution in [0.25, 0.3) is 0 Å². The molecule has 2 heterocycles. The SMILES string of the molecule is CCN(CC)C(=S)S[C@@H]1CC(=O)N(c2ccc3c(c2)OCCO3)C1=O. The van der Waals surface area contributed by atoms with Crippen molar-refractivity contribution in [3.05, 3.63) is 18.2 Å². The van der Waals surface area contributed by atoms with Gasteiger partial charge in [-0.3, -0.25) is 9.59 Å². The summed E-state index contributed by atoms with van der Waals surface area (Å²) in [6, 6.07) is 5.12. The van der Waals surface area contributed by atoms with Crippen LogP contribution in [0.1, 0.15) is 20.3 Å². The van der Waals surface area contributed by atoms with Crippen molar-refractivity contribution in [2.24, 2.45) is 0 Å². The second kappa shape index (κ2) is 7.61. The largest absolute Gasteiger partial charge is 0.486 e. The molecule has 2 amide bonds. The first-order valence-corrected chi connectivity index (χ1v) is 9.56. The van der Waals surface area contributed by atoms with Crippen molar-refractivity contribution in [1.29, 1.82) is 0 Å². The zero-order valence-electron chi connectivity index (χ0n) is 14.2. The fraction of sp³-hybridized carbons (Fsp3) is 0.471. The molecule has 1 atom stereocenters. The van der Waals surface area contributed by atoms with Gasteiger partial charge in [-0.25, -0.2) is 4.90 Å². The van der Waals surface area contributed by atoms with Gasteiger partial charge in [0.1, 0.15) is 22.8 Å². The average Bonchev–Trinajstić information content (AvgIpc) is 2.89. The standard InChI is InChI=1S/C17H20N2O4S2/c1-3-18(4-2)17(24)25-14-10-15(20)19(16(14)21)11-5-6-12-13(9-11)23-8-7-22-12/h5-6,9,14H,3-4,7-8,10H2,1-2H3/t14-/m1/s1. The maximum atomic E-state index is 12.8. The first-order chi connectivity index (χ1) is 12.0. The molecule has 1 fully saturated rings. The van der Waals surface area contributed by atoms with Crippen molar-refractivity contribution in [3.63, 3.8) is 0 Å². The molecule has 8 heteroatoms. The number of rotatable bonds is 4. The molecule has 6 nitrogen and oxygen atoms in total. The van der Waals surface area contributed by atoms with Crippen molar-refractivity contribution >= 4 is 45.8 Å². The summed E-state index contributed by atoms with van der Waals surface area (Å²) in [7, 11) is 0. The lowest BCUT2D eigenvalue weighted by molar-refractivity contribution is -0.121. The van der Waals surface area contributed by atoms with Gasteiger partial charge in [-0.05, 0) is 26.0 Å². The molecule has 1 saturated heterocycles. The highest BCUT2D eigenvalue weighted by Crippen LogP contribution is 2.37. The molecule has 0 radical (unpaired) electrons. The third-order valence-electron chi connectivity index (χ3n) is 4.15. The molecular formula is C17H20N2O4S2. The number of fused-ring (bicyclic) bond motifs is 1. The highest BCUT2D eigenvalue weighted by atomic mass is 32.2. The lowest BCUT2D eigenvalue weighted by Crippen LogP contribution is -2.33. The van der Waals surface area contributed by atoms with Gasteiger partial charge in [-0.2, -0.15) is 0 Å². The Morgan fingerprint density at radius 1 is 1.24 bits per heavy atom. The van der Waals surface area contributed by atoms with Crippen LogP contribution in [0.4, 0.5) is 5.69 Å². The molecule has 134 valence electrons. The van der Waals surface area contributed by atoms with E-state index in [4.69, 9.17) is 21.7 Å². The summed E-state index contributed by atoms with van der Waals surface area (Å²) in [5.41, 5.74) is 0.510. The number of benzene rings is 1. The van der Waals surface area contributed by atoms with E-state index < -0.39 is 5.25 Å². The molecule has 2 aliphatic heterocycles. The van der Waals surface area contributed by atoms with Crippen molar-refractivity contribution in [2.45, 2.75) is 25.5 Å². The number of imide groups is 1. The maximum Gasteiger partial charge on any atom is 0.247 e. The highest BCUT2D eigenvalue weighted by molar-refractivity contribution is 8.23. The summed E-state index contributed by atoms with van der Waals surface area (Å²) >= 11 is 6.70. The minimum absolute atomic E-state index is 0.152. The number of thioether (sulfide) groups is 1. The molecule has 2 aliphatic rings. The molecule has 0 unspecified atom stereocenters. The van der Waals surface area contributed by atoms with Crippen LogP contribution in [-0.2, 0) is 9.59 Å². The van der Waals surface area contributed by atoms with E-state index in [1.54, 1.807) is 18.2 Å². The van der Waals surface area contributed by atoms with Crippen molar-refractivity contribution < 1.29 is 19.1 Å². The molecule has 3 rings (SSSR count).